The second kappa shape index (κ2) is 10.0. The van der Waals surface area contributed by atoms with Crippen molar-refractivity contribution in [3.8, 4) is 23.3 Å². The molecule has 164 valence electrons. The van der Waals surface area contributed by atoms with E-state index in [1.54, 1.807) is 32.4 Å². The number of rotatable bonds is 4. The van der Waals surface area contributed by atoms with Crippen LogP contribution in [0.4, 0.5) is 0 Å². The van der Waals surface area contributed by atoms with Gasteiger partial charge in [-0.1, -0.05) is 35.0 Å². The molecule has 0 spiro atoms. The normalized spacial score (nSPS) is 12.2. The third-order valence-electron chi connectivity index (χ3n) is 4.22. The highest BCUT2D eigenvalue weighted by atomic mass is 35.5. The second-order valence-electron chi connectivity index (χ2n) is 6.62. The molecule has 6 nitrogen and oxygen atoms in total. The Morgan fingerprint density at radius 3 is 2.09 bits per heavy atom. The van der Waals surface area contributed by atoms with Crippen molar-refractivity contribution in [3.63, 3.8) is 0 Å². The first-order valence-corrected chi connectivity index (χ1v) is 11.8. The fraction of sp³-hybridized carbons (Fsp3) is 0.130. The maximum absolute atomic E-state index is 13.0. The lowest BCUT2D eigenvalue weighted by Gasteiger charge is -2.06. The third kappa shape index (κ3) is 6.01. The summed E-state index contributed by atoms with van der Waals surface area (Å²) in [6, 6.07) is 11.2. The SMILES string of the molecule is COc1cc(C#Cc2cncc(C(=O)N=S(C)(=O)c3cc(Cl)cc(Cl)c3)c2)cc(OC)c1. The minimum absolute atomic E-state index is 0.155. The summed E-state index contributed by atoms with van der Waals surface area (Å²) in [6.07, 6.45) is 4.20. The fourth-order valence-corrected chi connectivity index (χ4v) is 4.53. The number of hydrogen-bond acceptors (Lipinski definition) is 5. The number of carbonyl (C=O) groups excluding carboxylic acids is 1. The van der Waals surface area contributed by atoms with Gasteiger partial charge in [0.05, 0.1) is 34.4 Å². The van der Waals surface area contributed by atoms with E-state index in [2.05, 4.69) is 21.2 Å². The van der Waals surface area contributed by atoms with Crippen LogP contribution in [0.2, 0.25) is 10.0 Å². The zero-order valence-electron chi connectivity index (χ0n) is 17.4. The number of nitrogens with zero attached hydrogens (tertiary/aromatic N) is 2. The number of benzene rings is 2. The molecule has 1 heterocycles. The van der Waals surface area contributed by atoms with E-state index in [0.29, 0.717) is 32.7 Å². The predicted molar refractivity (Wildman–Crippen MR) is 125 cm³/mol. The average molecular weight is 489 g/mol. The van der Waals surface area contributed by atoms with Gasteiger partial charge in [0.15, 0.2) is 0 Å². The van der Waals surface area contributed by atoms with E-state index in [9.17, 15) is 9.00 Å². The lowest BCUT2D eigenvalue weighted by atomic mass is 10.1. The standard InChI is InChI=1S/C23H18Cl2N2O4S/c1-30-20-7-15(8-21(12-20)31-2)4-5-16-6-17(14-26-13-16)23(28)27-32(3,29)22-10-18(24)9-19(25)11-22/h6-14H,1-3H3. The van der Waals surface area contributed by atoms with Gasteiger partial charge in [-0.15, -0.1) is 0 Å². The first kappa shape index (κ1) is 23.6. The Hall–Kier alpha value is -3.05. The molecule has 2 aromatic carbocycles. The average Bonchev–Trinajstić information content (AvgIpc) is 2.76. The van der Waals surface area contributed by atoms with Crippen LogP contribution in [-0.2, 0) is 9.73 Å². The second-order valence-corrected chi connectivity index (χ2v) is 9.75. The van der Waals surface area contributed by atoms with Crippen molar-refractivity contribution in [1.29, 1.82) is 0 Å². The van der Waals surface area contributed by atoms with E-state index in [4.69, 9.17) is 32.7 Å². The molecule has 0 aliphatic heterocycles. The van der Waals surface area contributed by atoms with Crippen LogP contribution in [0.5, 0.6) is 11.5 Å². The molecule has 9 heteroatoms. The molecule has 32 heavy (non-hydrogen) atoms. The summed E-state index contributed by atoms with van der Waals surface area (Å²) in [5.74, 6) is 6.45. The van der Waals surface area contributed by atoms with Gasteiger partial charge < -0.3 is 9.47 Å². The Balaban J connectivity index is 1.91. The zero-order valence-corrected chi connectivity index (χ0v) is 19.7. The maximum Gasteiger partial charge on any atom is 0.286 e. The van der Waals surface area contributed by atoms with Crippen LogP contribution in [0.15, 0.2) is 64.1 Å². The van der Waals surface area contributed by atoms with Gasteiger partial charge in [-0.05, 0) is 36.4 Å². The van der Waals surface area contributed by atoms with Crippen LogP contribution in [0.1, 0.15) is 21.5 Å². The largest absolute Gasteiger partial charge is 0.497 e. The van der Waals surface area contributed by atoms with Gasteiger partial charge in [-0.25, -0.2) is 4.21 Å². The fourth-order valence-electron chi connectivity index (χ4n) is 2.66. The first-order chi connectivity index (χ1) is 15.2. The number of ether oxygens (including phenoxy) is 2. The molecule has 0 bridgehead atoms. The number of hydrogen-bond donors (Lipinski definition) is 0. The Labute approximate surface area is 196 Å². The van der Waals surface area contributed by atoms with Crippen LogP contribution in [0.25, 0.3) is 0 Å². The molecule has 1 unspecified atom stereocenters. The molecule has 0 aliphatic rings. The van der Waals surface area contributed by atoms with Crippen LogP contribution >= 0.6 is 23.2 Å². The lowest BCUT2D eigenvalue weighted by Crippen LogP contribution is -2.04. The van der Waals surface area contributed by atoms with E-state index < -0.39 is 15.6 Å². The van der Waals surface area contributed by atoms with E-state index in [-0.39, 0.29) is 10.5 Å². The summed E-state index contributed by atoms with van der Waals surface area (Å²) >= 11 is 12.0. The minimum Gasteiger partial charge on any atom is -0.497 e. The summed E-state index contributed by atoms with van der Waals surface area (Å²) in [5.41, 5.74) is 1.31. The molecule has 0 N–H and O–H groups in total. The van der Waals surface area contributed by atoms with Crippen molar-refractivity contribution in [1.82, 2.24) is 4.98 Å². The van der Waals surface area contributed by atoms with Gasteiger partial charge in [0.2, 0.25) is 0 Å². The predicted octanol–water partition coefficient (Wildman–Crippen LogP) is 5.10. The molecule has 0 aliphatic carbocycles. The number of pyridine rings is 1. The molecule has 1 amide bonds. The van der Waals surface area contributed by atoms with E-state index in [1.165, 1.54) is 42.9 Å². The van der Waals surface area contributed by atoms with Gasteiger partial charge in [-0.3, -0.25) is 9.78 Å². The van der Waals surface area contributed by atoms with Gasteiger partial charge in [-0.2, -0.15) is 4.36 Å². The van der Waals surface area contributed by atoms with Gasteiger partial charge in [0, 0.05) is 45.9 Å². The smallest absolute Gasteiger partial charge is 0.286 e. The topological polar surface area (TPSA) is 77.9 Å². The van der Waals surface area contributed by atoms with Gasteiger partial charge >= 0.3 is 0 Å². The number of amides is 1. The first-order valence-electron chi connectivity index (χ1n) is 9.13. The van der Waals surface area contributed by atoms with Crippen LogP contribution in [0.3, 0.4) is 0 Å². The molecule has 0 fully saturated rings. The third-order valence-corrected chi connectivity index (χ3v) is 6.28. The number of carbonyl (C=O) groups is 1. The Morgan fingerprint density at radius 1 is 0.906 bits per heavy atom. The van der Waals surface area contributed by atoms with Crippen LogP contribution in [-0.4, -0.2) is 35.6 Å². The number of halogens is 2. The molecule has 1 aromatic heterocycles. The summed E-state index contributed by atoms with van der Waals surface area (Å²) in [4.78, 5) is 17.0. The van der Waals surface area contributed by atoms with E-state index in [0.717, 1.165) is 0 Å². The van der Waals surface area contributed by atoms with Crippen molar-refractivity contribution in [2.75, 3.05) is 20.5 Å². The Bertz CT molecular complexity index is 1330. The summed E-state index contributed by atoms with van der Waals surface area (Å²) in [5, 5.41) is 0.607. The molecule has 1 atom stereocenters. The van der Waals surface area contributed by atoms with Crippen molar-refractivity contribution < 1.29 is 18.5 Å². The molecule has 3 aromatic rings. The van der Waals surface area contributed by atoms with Gasteiger partial charge in [0.1, 0.15) is 11.5 Å². The molecular formula is C23H18Cl2N2O4S. The lowest BCUT2D eigenvalue weighted by molar-refractivity contribution is 0.100. The number of aromatic nitrogens is 1. The van der Waals surface area contributed by atoms with Crippen molar-refractivity contribution in [2.24, 2.45) is 4.36 Å². The minimum atomic E-state index is -3.07. The van der Waals surface area contributed by atoms with E-state index >= 15 is 0 Å². The molecule has 0 saturated carbocycles. The van der Waals surface area contributed by atoms with Crippen molar-refractivity contribution >= 4 is 38.8 Å². The summed E-state index contributed by atoms with van der Waals surface area (Å²) < 4.78 is 27.4. The maximum atomic E-state index is 13.0. The summed E-state index contributed by atoms with van der Waals surface area (Å²) in [6.45, 7) is 0. The highest BCUT2D eigenvalue weighted by Gasteiger charge is 2.13. The number of methoxy groups -OCH3 is 2. The molecule has 0 saturated heterocycles. The zero-order chi connectivity index (χ0) is 23.3. The highest BCUT2D eigenvalue weighted by molar-refractivity contribution is 7.93. The van der Waals surface area contributed by atoms with Crippen LogP contribution in [0, 0.1) is 11.8 Å². The molecule has 3 rings (SSSR count). The van der Waals surface area contributed by atoms with Crippen molar-refractivity contribution in [3.05, 3.63) is 81.6 Å². The summed E-state index contributed by atoms with van der Waals surface area (Å²) in [7, 11) is 0.0351. The van der Waals surface area contributed by atoms with Gasteiger partial charge in [0.25, 0.3) is 5.91 Å². The molecular weight excluding hydrogens is 471 g/mol. The van der Waals surface area contributed by atoms with Crippen molar-refractivity contribution in [2.45, 2.75) is 4.90 Å². The van der Waals surface area contributed by atoms with E-state index in [1.807, 2.05) is 0 Å². The molecule has 0 radical (unpaired) electrons. The monoisotopic (exact) mass is 488 g/mol. The van der Waals surface area contributed by atoms with Crippen LogP contribution < -0.4 is 9.47 Å². The quantitative estimate of drug-likeness (QED) is 0.477. The highest BCUT2D eigenvalue weighted by Crippen LogP contribution is 2.24. The Kier molecular flexibility index (Phi) is 7.41. The Morgan fingerprint density at radius 2 is 1.50 bits per heavy atom.